The third-order valence-corrected chi connectivity index (χ3v) is 1.60. The molecule has 0 bridgehead atoms. The van der Waals surface area contributed by atoms with Crippen LogP contribution in [0.5, 0.6) is 0 Å². The number of hydrogen-bond donors (Lipinski definition) is 3. The number of carboxylic acids is 1. The molecule has 7 heteroatoms. The molecule has 3 N–H and O–H groups in total. The number of aliphatic hydroxyl groups excluding tert-OH is 1. The molecule has 1 rings (SSSR count). The number of carbonyl (C=O) groups is 2. The minimum atomic E-state index is -1.96. The zero-order chi connectivity index (χ0) is 10.2. The number of rotatable bonds is 1. The molecule has 0 aromatic carbocycles. The van der Waals surface area contributed by atoms with Crippen LogP contribution in [-0.2, 0) is 9.59 Å². The van der Waals surface area contributed by atoms with Gasteiger partial charge in [0.25, 0.3) is 5.91 Å². The van der Waals surface area contributed by atoms with Crippen LogP contribution in [0.3, 0.4) is 0 Å². The molecule has 0 fully saturated rings. The van der Waals surface area contributed by atoms with E-state index < -0.39 is 29.5 Å². The highest BCUT2D eigenvalue weighted by Gasteiger charge is 2.39. The lowest BCUT2D eigenvalue weighted by Crippen LogP contribution is -2.62. The summed E-state index contributed by atoms with van der Waals surface area (Å²) in [5.74, 6) is -3.65. The van der Waals surface area contributed by atoms with Crippen LogP contribution < -0.4 is 10.4 Å². The maximum Gasteiger partial charge on any atom is 0.352 e. The molecule has 1 amide bonds. The molecule has 0 aromatic rings. The predicted octanol–water partition coefficient (Wildman–Crippen LogP) is -2.96. The number of aliphatic imine (C=N–C) groups is 1. The lowest BCUT2D eigenvalue weighted by Gasteiger charge is -2.32. The van der Waals surface area contributed by atoms with Crippen molar-refractivity contribution in [2.75, 3.05) is 0 Å². The number of nitrogens with one attached hydrogen (secondary N) is 1. The van der Waals surface area contributed by atoms with Crippen molar-refractivity contribution < 1.29 is 24.9 Å². The Morgan fingerprint density at radius 2 is 2.31 bits per heavy atom. The lowest BCUT2D eigenvalue weighted by molar-refractivity contribution is -0.230. The molecule has 2 unspecified atom stereocenters. The first kappa shape index (κ1) is 9.46. The summed E-state index contributed by atoms with van der Waals surface area (Å²) >= 11 is 0. The zero-order valence-electron chi connectivity index (χ0n) is 6.64. The number of aliphatic hydroxyl groups is 1. The van der Waals surface area contributed by atoms with Crippen molar-refractivity contribution in [1.29, 1.82) is 0 Å². The third kappa shape index (κ3) is 1.45. The molecule has 0 aromatic heterocycles. The first-order valence-electron chi connectivity index (χ1n) is 3.37. The summed E-state index contributed by atoms with van der Waals surface area (Å²) in [6.07, 6.45) is -1.90. The van der Waals surface area contributed by atoms with Crippen molar-refractivity contribution in [3.05, 3.63) is 0 Å². The van der Waals surface area contributed by atoms with Gasteiger partial charge in [0.1, 0.15) is 0 Å². The SMILES string of the molecule is CC1(C(=O)O)N=C([O-])C(O)C(=O)N1. The standard InChI is InChI=1S/C6H8N2O5/c1-6(5(12)13)7-3(10)2(9)4(11)8-6/h2,9H,1H3,(H,7,10)(H,8,11)(H,12,13)/p-1. The monoisotopic (exact) mass is 187 g/mol. The van der Waals surface area contributed by atoms with Crippen LogP contribution in [0.25, 0.3) is 0 Å². The lowest BCUT2D eigenvalue weighted by atomic mass is 10.1. The van der Waals surface area contributed by atoms with Crippen LogP contribution >= 0.6 is 0 Å². The van der Waals surface area contributed by atoms with Crippen molar-refractivity contribution >= 4 is 17.8 Å². The van der Waals surface area contributed by atoms with Gasteiger partial charge < -0.3 is 20.6 Å². The Morgan fingerprint density at radius 1 is 1.77 bits per heavy atom. The Labute approximate surface area is 72.7 Å². The van der Waals surface area contributed by atoms with Gasteiger partial charge >= 0.3 is 5.97 Å². The molecule has 7 nitrogen and oxygen atoms in total. The summed E-state index contributed by atoms with van der Waals surface area (Å²) < 4.78 is 0. The number of nitrogens with zero attached hydrogens (tertiary/aromatic N) is 1. The predicted molar refractivity (Wildman–Crippen MR) is 37.6 cm³/mol. The molecule has 13 heavy (non-hydrogen) atoms. The molecule has 0 radical (unpaired) electrons. The third-order valence-electron chi connectivity index (χ3n) is 1.60. The maximum atomic E-state index is 10.8. The largest absolute Gasteiger partial charge is 0.860 e. The van der Waals surface area contributed by atoms with Crippen molar-refractivity contribution in [2.24, 2.45) is 4.99 Å². The second kappa shape index (κ2) is 2.70. The van der Waals surface area contributed by atoms with E-state index in [0.717, 1.165) is 6.92 Å². The zero-order valence-corrected chi connectivity index (χ0v) is 6.64. The maximum absolute atomic E-state index is 10.8. The summed E-state index contributed by atoms with van der Waals surface area (Å²) in [5.41, 5.74) is -1.96. The molecule has 0 saturated heterocycles. The Morgan fingerprint density at radius 3 is 2.69 bits per heavy atom. The average Bonchev–Trinajstić information content (AvgIpc) is 2.00. The van der Waals surface area contributed by atoms with Gasteiger partial charge in [-0.05, 0) is 12.8 Å². The van der Waals surface area contributed by atoms with E-state index in [9.17, 15) is 14.7 Å². The van der Waals surface area contributed by atoms with Gasteiger partial charge in [0.2, 0.25) is 5.66 Å². The van der Waals surface area contributed by atoms with E-state index in [1.807, 2.05) is 5.32 Å². The smallest absolute Gasteiger partial charge is 0.352 e. The number of carboxylic acid groups (broad SMARTS) is 1. The van der Waals surface area contributed by atoms with Crippen LogP contribution in [0.2, 0.25) is 0 Å². The van der Waals surface area contributed by atoms with E-state index in [0.29, 0.717) is 0 Å². The highest BCUT2D eigenvalue weighted by atomic mass is 16.4. The van der Waals surface area contributed by atoms with Crippen LogP contribution in [0.15, 0.2) is 4.99 Å². The van der Waals surface area contributed by atoms with Crippen LogP contribution in [0.1, 0.15) is 6.92 Å². The van der Waals surface area contributed by atoms with E-state index >= 15 is 0 Å². The Hall–Kier alpha value is -1.63. The quantitative estimate of drug-likeness (QED) is 0.404. The van der Waals surface area contributed by atoms with Crippen molar-refractivity contribution in [3.63, 3.8) is 0 Å². The minimum Gasteiger partial charge on any atom is -0.860 e. The van der Waals surface area contributed by atoms with E-state index in [4.69, 9.17) is 10.2 Å². The first-order chi connectivity index (χ1) is 5.87. The normalized spacial score (nSPS) is 33.5. The summed E-state index contributed by atoms with van der Waals surface area (Å²) in [5, 5.41) is 30.1. The number of carbonyl (C=O) groups excluding carboxylic acids is 1. The van der Waals surface area contributed by atoms with Gasteiger partial charge in [-0.3, -0.25) is 9.79 Å². The number of aliphatic carboxylic acids is 1. The molecule has 1 aliphatic rings. The Bertz CT molecular complexity index is 299. The fourth-order valence-electron chi connectivity index (χ4n) is 0.831. The van der Waals surface area contributed by atoms with E-state index in [1.54, 1.807) is 0 Å². The van der Waals surface area contributed by atoms with Crippen molar-refractivity contribution in [2.45, 2.75) is 18.7 Å². The fourth-order valence-corrected chi connectivity index (χ4v) is 0.831. The van der Waals surface area contributed by atoms with Gasteiger partial charge in [-0.25, -0.2) is 4.79 Å². The minimum absolute atomic E-state index is 1.05. The summed E-state index contributed by atoms with van der Waals surface area (Å²) in [6, 6.07) is 0. The van der Waals surface area contributed by atoms with Crippen molar-refractivity contribution in [3.8, 4) is 0 Å². The first-order valence-corrected chi connectivity index (χ1v) is 3.37. The topological polar surface area (TPSA) is 122 Å². The van der Waals surface area contributed by atoms with Gasteiger partial charge in [-0.1, -0.05) is 0 Å². The second-order valence-electron chi connectivity index (χ2n) is 2.72. The molecule has 0 spiro atoms. The van der Waals surface area contributed by atoms with Gasteiger partial charge in [0, 0.05) is 0 Å². The Kier molecular flexibility index (Phi) is 1.96. The fraction of sp³-hybridized carbons (Fsp3) is 0.500. The van der Waals surface area contributed by atoms with E-state index in [-0.39, 0.29) is 0 Å². The summed E-state index contributed by atoms with van der Waals surface area (Å²) in [6.45, 7) is 1.05. The summed E-state index contributed by atoms with van der Waals surface area (Å²) in [4.78, 5) is 24.5. The average molecular weight is 187 g/mol. The second-order valence-corrected chi connectivity index (χ2v) is 2.72. The van der Waals surface area contributed by atoms with Crippen LogP contribution in [-0.4, -0.2) is 39.8 Å². The molecule has 1 aliphatic heterocycles. The van der Waals surface area contributed by atoms with E-state index in [2.05, 4.69) is 4.99 Å². The highest BCUT2D eigenvalue weighted by Crippen LogP contribution is 2.11. The molecule has 2 atom stereocenters. The highest BCUT2D eigenvalue weighted by molar-refractivity contribution is 6.06. The molecule has 72 valence electrons. The Balaban J connectivity index is 3.08. The molecule has 0 saturated carbocycles. The summed E-state index contributed by atoms with van der Waals surface area (Å²) in [7, 11) is 0. The van der Waals surface area contributed by atoms with Gasteiger partial charge in [0.15, 0.2) is 6.10 Å². The molecule has 1 heterocycles. The molecule has 0 aliphatic carbocycles. The molecular formula is C6H7N2O5-. The van der Waals surface area contributed by atoms with Crippen molar-refractivity contribution in [1.82, 2.24) is 5.32 Å². The van der Waals surface area contributed by atoms with Gasteiger partial charge in [-0.2, -0.15) is 0 Å². The van der Waals surface area contributed by atoms with E-state index in [1.165, 1.54) is 0 Å². The molecular weight excluding hydrogens is 180 g/mol. The number of hydrogen-bond acceptors (Lipinski definition) is 5. The van der Waals surface area contributed by atoms with Crippen LogP contribution in [0, 0.1) is 0 Å². The number of amides is 1. The van der Waals surface area contributed by atoms with Gasteiger partial charge in [0.05, 0.1) is 0 Å². The van der Waals surface area contributed by atoms with Crippen LogP contribution in [0.4, 0.5) is 0 Å². The van der Waals surface area contributed by atoms with Gasteiger partial charge in [-0.15, -0.1) is 0 Å².